The van der Waals surface area contributed by atoms with Crippen LogP contribution in [0.3, 0.4) is 0 Å². The highest BCUT2D eigenvalue weighted by Crippen LogP contribution is 2.35. The lowest BCUT2D eigenvalue weighted by molar-refractivity contribution is -0.131. The Hall–Kier alpha value is -0.570. The summed E-state index contributed by atoms with van der Waals surface area (Å²) in [5.41, 5.74) is 0.306. The van der Waals surface area contributed by atoms with Gasteiger partial charge in [-0.3, -0.25) is 4.79 Å². The van der Waals surface area contributed by atoms with E-state index < -0.39 is 0 Å². The summed E-state index contributed by atoms with van der Waals surface area (Å²) >= 11 is 0. The third-order valence-electron chi connectivity index (χ3n) is 4.36. The second-order valence-electron chi connectivity index (χ2n) is 7.37. The minimum Gasteiger partial charge on any atom is -0.347 e. The lowest BCUT2D eigenvalue weighted by Crippen LogP contribution is -2.54. The zero-order valence-corrected chi connectivity index (χ0v) is 13.6. The average Bonchev–Trinajstić information content (AvgIpc) is 2.28. The summed E-state index contributed by atoms with van der Waals surface area (Å²) < 4.78 is 0. The van der Waals surface area contributed by atoms with Gasteiger partial charge in [0.05, 0.1) is 6.04 Å². The fourth-order valence-electron chi connectivity index (χ4n) is 3.07. The Bertz CT molecular complexity index is 297. The highest BCUT2D eigenvalue weighted by atomic mass is 16.2. The maximum atomic E-state index is 12.3. The van der Waals surface area contributed by atoms with Crippen LogP contribution >= 0.6 is 0 Å². The molecule has 2 atom stereocenters. The smallest absolute Gasteiger partial charge is 0.239 e. The highest BCUT2D eigenvalue weighted by molar-refractivity contribution is 5.81. The Kier molecular flexibility index (Phi) is 5.84. The molecule has 0 saturated heterocycles. The number of carbonyl (C=O) groups is 1. The van der Waals surface area contributed by atoms with Crippen LogP contribution in [0.15, 0.2) is 0 Å². The molecule has 0 spiro atoms. The van der Waals surface area contributed by atoms with E-state index in [0.717, 1.165) is 6.42 Å². The third-order valence-corrected chi connectivity index (χ3v) is 4.36. The van der Waals surface area contributed by atoms with E-state index >= 15 is 0 Å². The average molecular weight is 268 g/mol. The van der Waals surface area contributed by atoms with Gasteiger partial charge in [0.25, 0.3) is 0 Å². The molecule has 1 saturated carbocycles. The SMILES string of the molecule is CC(C)CC(NC1CCCCC1(C)C)C(=O)N(C)C. The Morgan fingerprint density at radius 1 is 1.32 bits per heavy atom. The molecule has 1 aliphatic carbocycles. The van der Waals surface area contributed by atoms with Gasteiger partial charge >= 0.3 is 0 Å². The first-order valence-electron chi connectivity index (χ1n) is 7.71. The minimum atomic E-state index is -0.0302. The molecule has 1 amide bonds. The van der Waals surface area contributed by atoms with E-state index in [1.54, 1.807) is 4.90 Å². The number of nitrogens with zero attached hydrogens (tertiary/aromatic N) is 1. The van der Waals surface area contributed by atoms with Crippen LogP contribution in [0.2, 0.25) is 0 Å². The molecule has 1 N–H and O–H groups in total. The zero-order valence-electron chi connectivity index (χ0n) is 13.6. The number of carbonyl (C=O) groups excluding carboxylic acids is 1. The monoisotopic (exact) mass is 268 g/mol. The summed E-state index contributed by atoms with van der Waals surface area (Å²) in [6.07, 6.45) is 5.98. The second-order valence-corrected chi connectivity index (χ2v) is 7.37. The Labute approximate surface area is 119 Å². The van der Waals surface area contributed by atoms with Gasteiger partial charge in [0.2, 0.25) is 5.91 Å². The van der Waals surface area contributed by atoms with Crippen LogP contribution in [-0.4, -0.2) is 37.0 Å². The van der Waals surface area contributed by atoms with Crippen molar-refractivity contribution in [3.8, 4) is 0 Å². The molecule has 1 fully saturated rings. The van der Waals surface area contributed by atoms with Gasteiger partial charge in [0, 0.05) is 20.1 Å². The van der Waals surface area contributed by atoms with Crippen LogP contribution in [0.5, 0.6) is 0 Å². The van der Waals surface area contributed by atoms with Gasteiger partial charge in [-0.25, -0.2) is 0 Å². The van der Waals surface area contributed by atoms with Crippen LogP contribution < -0.4 is 5.32 Å². The summed E-state index contributed by atoms with van der Waals surface area (Å²) in [5.74, 6) is 0.753. The fourth-order valence-corrected chi connectivity index (χ4v) is 3.07. The van der Waals surface area contributed by atoms with Crippen molar-refractivity contribution in [1.29, 1.82) is 0 Å². The van der Waals surface area contributed by atoms with Crippen LogP contribution in [0.25, 0.3) is 0 Å². The Balaban J connectivity index is 2.73. The van der Waals surface area contributed by atoms with Crippen molar-refractivity contribution in [2.24, 2.45) is 11.3 Å². The fraction of sp³-hybridized carbons (Fsp3) is 0.938. The lowest BCUT2D eigenvalue weighted by Gasteiger charge is -2.41. The van der Waals surface area contributed by atoms with E-state index in [4.69, 9.17) is 0 Å². The molecule has 0 bridgehead atoms. The quantitative estimate of drug-likeness (QED) is 0.831. The molecule has 112 valence electrons. The van der Waals surface area contributed by atoms with Crippen LogP contribution in [0.1, 0.15) is 59.8 Å². The molecule has 0 heterocycles. The zero-order chi connectivity index (χ0) is 14.6. The molecule has 2 unspecified atom stereocenters. The Morgan fingerprint density at radius 3 is 2.42 bits per heavy atom. The molecule has 1 rings (SSSR count). The van der Waals surface area contributed by atoms with Crippen molar-refractivity contribution in [2.45, 2.75) is 71.9 Å². The molecule has 3 heteroatoms. The van der Waals surface area contributed by atoms with Gasteiger partial charge in [-0.15, -0.1) is 0 Å². The summed E-state index contributed by atoms with van der Waals surface area (Å²) in [7, 11) is 3.70. The first kappa shape index (κ1) is 16.5. The first-order valence-corrected chi connectivity index (χ1v) is 7.71. The van der Waals surface area contributed by atoms with Gasteiger partial charge in [-0.05, 0) is 30.6 Å². The van der Waals surface area contributed by atoms with Crippen molar-refractivity contribution in [3.05, 3.63) is 0 Å². The second kappa shape index (κ2) is 6.74. The highest BCUT2D eigenvalue weighted by Gasteiger charge is 2.35. The van der Waals surface area contributed by atoms with E-state index in [0.29, 0.717) is 17.4 Å². The molecule has 19 heavy (non-hydrogen) atoms. The van der Waals surface area contributed by atoms with Crippen LogP contribution in [-0.2, 0) is 4.79 Å². The number of hydrogen-bond acceptors (Lipinski definition) is 2. The topological polar surface area (TPSA) is 32.3 Å². The lowest BCUT2D eigenvalue weighted by atomic mass is 9.73. The van der Waals surface area contributed by atoms with Gasteiger partial charge in [0.1, 0.15) is 0 Å². The van der Waals surface area contributed by atoms with Gasteiger partial charge < -0.3 is 10.2 Å². The van der Waals surface area contributed by atoms with Crippen molar-refractivity contribution in [1.82, 2.24) is 10.2 Å². The van der Waals surface area contributed by atoms with Crippen molar-refractivity contribution < 1.29 is 4.79 Å². The van der Waals surface area contributed by atoms with Crippen LogP contribution in [0, 0.1) is 11.3 Å². The number of nitrogens with one attached hydrogen (secondary N) is 1. The molecule has 0 aromatic rings. The maximum absolute atomic E-state index is 12.3. The van der Waals surface area contributed by atoms with Crippen molar-refractivity contribution in [3.63, 3.8) is 0 Å². The van der Waals surface area contributed by atoms with Gasteiger partial charge in [0.15, 0.2) is 0 Å². The van der Waals surface area contributed by atoms with E-state index in [9.17, 15) is 4.79 Å². The number of rotatable bonds is 5. The number of hydrogen-bond donors (Lipinski definition) is 1. The van der Waals surface area contributed by atoms with E-state index in [1.807, 2.05) is 14.1 Å². The molecular formula is C16H32N2O. The third kappa shape index (κ3) is 4.79. The molecule has 1 aliphatic rings. The van der Waals surface area contributed by atoms with Crippen LogP contribution in [0.4, 0.5) is 0 Å². The van der Waals surface area contributed by atoms with Gasteiger partial charge in [-0.2, -0.15) is 0 Å². The molecule has 0 aromatic heterocycles. The van der Waals surface area contributed by atoms with Crippen molar-refractivity contribution in [2.75, 3.05) is 14.1 Å². The molecule has 0 aliphatic heterocycles. The van der Waals surface area contributed by atoms with E-state index in [2.05, 4.69) is 33.0 Å². The summed E-state index contributed by atoms with van der Waals surface area (Å²) in [4.78, 5) is 14.0. The Morgan fingerprint density at radius 2 is 1.95 bits per heavy atom. The van der Waals surface area contributed by atoms with Crippen molar-refractivity contribution >= 4 is 5.91 Å². The summed E-state index contributed by atoms with van der Waals surface area (Å²) in [5, 5.41) is 3.67. The van der Waals surface area contributed by atoms with E-state index in [1.165, 1.54) is 25.7 Å². The predicted octanol–water partition coefficient (Wildman–Crippen LogP) is 3.05. The molecular weight excluding hydrogens is 236 g/mol. The minimum absolute atomic E-state index is 0.0302. The number of amides is 1. The summed E-state index contributed by atoms with van der Waals surface area (Å²) in [6, 6.07) is 0.436. The van der Waals surface area contributed by atoms with E-state index in [-0.39, 0.29) is 11.9 Å². The van der Waals surface area contributed by atoms with Gasteiger partial charge in [-0.1, -0.05) is 40.5 Å². The molecule has 0 aromatic carbocycles. The largest absolute Gasteiger partial charge is 0.347 e. The molecule has 3 nitrogen and oxygen atoms in total. The predicted molar refractivity (Wildman–Crippen MR) is 81.1 cm³/mol. The standard InChI is InChI=1S/C16H32N2O/c1-12(2)11-13(15(19)18(5)6)17-14-9-7-8-10-16(14,3)4/h12-14,17H,7-11H2,1-6H3. The summed E-state index contributed by atoms with van der Waals surface area (Å²) in [6.45, 7) is 9.03. The first-order chi connectivity index (χ1) is 8.74. The molecule has 0 radical (unpaired) electrons. The number of likely N-dealkylation sites (N-methyl/N-ethyl adjacent to an activating group) is 1. The maximum Gasteiger partial charge on any atom is 0.239 e. The normalized spacial score (nSPS) is 24.3.